The molecule has 6 nitrogen and oxygen atoms in total. The SMILES string of the molecule is Cc1ccc(-c2cc(C(=O)N3CC(C)OC(C)C3)n(-c3ccccc3Cl)n2)o1. The van der Waals surface area contributed by atoms with Gasteiger partial charge in [-0.2, -0.15) is 5.10 Å². The molecule has 0 radical (unpaired) electrons. The highest BCUT2D eigenvalue weighted by atomic mass is 35.5. The topological polar surface area (TPSA) is 60.5 Å². The Hall–Kier alpha value is -2.57. The van der Waals surface area contributed by atoms with E-state index >= 15 is 0 Å². The van der Waals surface area contributed by atoms with E-state index in [9.17, 15) is 4.79 Å². The summed E-state index contributed by atoms with van der Waals surface area (Å²) in [5.41, 5.74) is 1.68. The second kappa shape index (κ2) is 7.45. The molecule has 4 rings (SSSR count). The van der Waals surface area contributed by atoms with Gasteiger partial charge >= 0.3 is 0 Å². The molecule has 0 spiro atoms. The lowest BCUT2D eigenvalue weighted by Crippen LogP contribution is -2.48. The number of carbonyl (C=O) groups excluding carboxylic acids is 1. The number of hydrogen-bond donors (Lipinski definition) is 0. The van der Waals surface area contributed by atoms with Crippen LogP contribution in [0, 0.1) is 6.92 Å². The molecule has 28 heavy (non-hydrogen) atoms. The van der Waals surface area contributed by atoms with E-state index in [1.807, 2.05) is 51.1 Å². The van der Waals surface area contributed by atoms with Crippen LogP contribution < -0.4 is 0 Å². The molecule has 1 fully saturated rings. The third-order valence-corrected chi connectivity index (χ3v) is 5.03. The molecule has 1 aliphatic heterocycles. The standard InChI is InChI=1S/C21H22ClN3O3/c1-13-8-9-20(28-13)17-10-19(21(26)24-11-14(2)27-15(3)12-24)25(23-17)18-7-5-4-6-16(18)22/h4-10,14-15H,11-12H2,1-3H3. The number of nitrogens with zero attached hydrogens (tertiary/aromatic N) is 3. The summed E-state index contributed by atoms with van der Waals surface area (Å²) in [4.78, 5) is 15.2. The first-order chi connectivity index (χ1) is 13.4. The van der Waals surface area contributed by atoms with Crippen molar-refractivity contribution in [3.63, 3.8) is 0 Å². The first-order valence-corrected chi connectivity index (χ1v) is 9.66. The third-order valence-electron chi connectivity index (χ3n) is 4.71. The second-order valence-corrected chi connectivity index (χ2v) is 7.56. The monoisotopic (exact) mass is 399 g/mol. The number of carbonyl (C=O) groups is 1. The highest BCUT2D eigenvalue weighted by Gasteiger charge is 2.30. The Morgan fingerprint density at radius 1 is 1.14 bits per heavy atom. The third kappa shape index (κ3) is 3.57. The Morgan fingerprint density at radius 2 is 1.86 bits per heavy atom. The van der Waals surface area contributed by atoms with Crippen LogP contribution in [0.5, 0.6) is 0 Å². The number of para-hydroxylation sites is 1. The van der Waals surface area contributed by atoms with E-state index in [2.05, 4.69) is 5.10 Å². The minimum absolute atomic E-state index is 0.0171. The predicted octanol–water partition coefficient (Wildman–Crippen LogP) is 4.34. The summed E-state index contributed by atoms with van der Waals surface area (Å²) in [7, 11) is 0. The van der Waals surface area contributed by atoms with E-state index in [0.29, 0.717) is 40.9 Å². The van der Waals surface area contributed by atoms with Crippen LogP contribution in [-0.2, 0) is 4.74 Å². The first kappa shape index (κ1) is 18.8. The van der Waals surface area contributed by atoms with Crippen molar-refractivity contribution in [3.8, 4) is 17.1 Å². The Labute approximate surface area is 168 Å². The van der Waals surface area contributed by atoms with E-state index in [-0.39, 0.29) is 18.1 Å². The van der Waals surface area contributed by atoms with Crippen molar-refractivity contribution < 1.29 is 13.9 Å². The van der Waals surface area contributed by atoms with E-state index in [4.69, 9.17) is 20.8 Å². The molecule has 2 unspecified atom stereocenters. The fourth-order valence-electron chi connectivity index (χ4n) is 3.54. The summed E-state index contributed by atoms with van der Waals surface area (Å²) in [6, 6.07) is 12.8. The normalized spacial score (nSPS) is 19.8. The molecular weight excluding hydrogens is 378 g/mol. The van der Waals surface area contributed by atoms with E-state index in [1.54, 1.807) is 21.7 Å². The van der Waals surface area contributed by atoms with Gasteiger partial charge in [0.1, 0.15) is 17.1 Å². The summed E-state index contributed by atoms with van der Waals surface area (Å²) >= 11 is 6.40. The second-order valence-electron chi connectivity index (χ2n) is 7.16. The van der Waals surface area contributed by atoms with Gasteiger partial charge in [0, 0.05) is 19.2 Å². The average molecular weight is 400 g/mol. The number of aryl methyl sites for hydroxylation is 1. The maximum absolute atomic E-state index is 13.4. The molecule has 0 saturated carbocycles. The molecule has 1 saturated heterocycles. The maximum atomic E-state index is 13.4. The number of ether oxygens (including phenoxy) is 1. The molecule has 1 aliphatic rings. The van der Waals surface area contributed by atoms with Crippen molar-refractivity contribution in [2.24, 2.45) is 0 Å². The summed E-state index contributed by atoms with van der Waals surface area (Å²) in [5.74, 6) is 1.29. The molecular formula is C21H22ClN3O3. The molecule has 3 heterocycles. The summed E-state index contributed by atoms with van der Waals surface area (Å²) < 4.78 is 13.1. The molecule has 146 valence electrons. The van der Waals surface area contributed by atoms with Crippen LogP contribution >= 0.6 is 11.6 Å². The van der Waals surface area contributed by atoms with Gasteiger partial charge in [-0.1, -0.05) is 23.7 Å². The predicted molar refractivity (Wildman–Crippen MR) is 107 cm³/mol. The van der Waals surface area contributed by atoms with E-state index in [1.165, 1.54) is 0 Å². The quantitative estimate of drug-likeness (QED) is 0.657. The minimum Gasteiger partial charge on any atom is -0.460 e. The minimum atomic E-state index is -0.107. The van der Waals surface area contributed by atoms with Crippen LogP contribution in [0.4, 0.5) is 0 Å². The van der Waals surface area contributed by atoms with Crippen LogP contribution in [0.15, 0.2) is 46.9 Å². The van der Waals surface area contributed by atoms with Crippen molar-refractivity contribution in [2.45, 2.75) is 33.0 Å². The maximum Gasteiger partial charge on any atom is 0.272 e. The van der Waals surface area contributed by atoms with E-state index < -0.39 is 0 Å². The van der Waals surface area contributed by atoms with Crippen molar-refractivity contribution >= 4 is 17.5 Å². The summed E-state index contributed by atoms with van der Waals surface area (Å²) in [6.45, 7) is 6.88. The van der Waals surface area contributed by atoms with Crippen molar-refractivity contribution in [2.75, 3.05) is 13.1 Å². The molecule has 1 aromatic carbocycles. The van der Waals surface area contributed by atoms with Crippen LogP contribution in [0.2, 0.25) is 5.02 Å². The van der Waals surface area contributed by atoms with Gasteiger partial charge in [0.05, 0.1) is 22.9 Å². The van der Waals surface area contributed by atoms with Gasteiger partial charge in [0.25, 0.3) is 5.91 Å². The van der Waals surface area contributed by atoms with E-state index in [0.717, 1.165) is 5.76 Å². The van der Waals surface area contributed by atoms with Crippen molar-refractivity contribution in [1.29, 1.82) is 0 Å². The lowest BCUT2D eigenvalue weighted by Gasteiger charge is -2.35. The highest BCUT2D eigenvalue weighted by Crippen LogP contribution is 2.28. The molecule has 1 amide bonds. The molecule has 2 aromatic heterocycles. The Balaban J connectivity index is 1.79. The lowest BCUT2D eigenvalue weighted by atomic mass is 10.2. The van der Waals surface area contributed by atoms with Gasteiger partial charge in [-0.3, -0.25) is 4.79 Å². The van der Waals surface area contributed by atoms with Crippen LogP contribution in [0.25, 0.3) is 17.1 Å². The van der Waals surface area contributed by atoms with Gasteiger partial charge < -0.3 is 14.1 Å². The number of rotatable bonds is 3. The van der Waals surface area contributed by atoms with Gasteiger partial charge in [-0.05, 0) is 45.0 Å². The first-order valence-electron chi connectivity index (χ1n) is 9.29. The average Bonchev–Trinajstić information content (AvgIpc) is 3.27. The van der Waals surface area contributed by atoms with Gasteiger partial charge in [-0.25, -0.2) is 4.68 Å². The molecule has 3 aromatic rings. The summed E-state index contributed by atoms with van der Waals surface area (Å²) in [6.07, 6.45) is -0.0341. The van der Waals surface area contributed by atoms with Crippen molar-refractivity contribution in [3.05, 3.63) is 58.9 Å². The van der Waals surface area contributed by atoms with Crippen LogP contribution in [-0.4, -0.2) is 45.9 Å². The van der Waals surface area contributed by atoms with Crippen molar-refractivity contribution in [1.82, 2.24) is 14.7 Å². The Morgan fingerprint density at radius 3 is 2.50 bits per heavy atom. The Bertz CT molecular complexity index is 1000. The lowest BCUT2D eigenvalue weighted by molar-refractivity contribution is -0.0588. The smallest absolute Gasteiger partial charge is 0.272 e. The van der Waals surface area contributed by atoms with Gasteiger partial charge in [0.2, 0.25) is 0 Å². The largest absolute Gasteiger partial charge is 0.460 e. The van der Waals surface area contributed by atoms with Gasteiger partial charge in [0.15, 0.2) is 5.76 Å². The number of morpholine rings is 1. The number of furan rings is 1. The fraction of sp³-hybridized carbons (Fsp3) is 0.333. The molecule has 0 aliphatic carbocycles. The van der Waals surface area contributed by atoms with Crippen LogP contribution in [0.3, 0.4) is 0 Å². The zero-order chi connectivity index (χ0) is 19.8. The zero-order valence-corrected chi connectivity index (χ0v) is 16.8. The number of aromatic nitrogens is 2. The molecule has 0 bridgehead atoms. The van der Waals surface area contributed by atoms with Gasteiger partial charge in [-0.15, -0.1) is 0 Å². The highest BCUT2D eigenvalue weighted by molar-refractivity contribution is 6.32. The Kier molecular flexibility index (Phi) is 5.00. The fourth-order valence-corrected chi connectivity index (χ4v) is 3.75. The summed E-state index contributed by atoms with van der Waals surface area (Å²) in [5, 5.41) is 5.16. The van der Waals surface area contributed by atoms with Crippen LogP contribution in [0.1, 0.15) is 30.1 Å². The molecule has 0 N–H and O–H groups in total. The number of amides is 1. The number of hydrogen-bond acceptors (Lipinski definition) is 4. The zero-order valence-electron chi connectivity index (χ0n) is 16.1. The number of benzene rings is 1. The number of halogens is 1. The molecule has 7 heteroatoms. The molecule has 2 atom stereocenters.